The molecule has 2 heterocycles. The fourth-order valence-corrected chi connectivity index (χ4v) is 2.25. The smallest absolute Gasteiger partial charge is 0.333 e. The third kappa shape index (κ3) is 4.32. The lowest BCUT2D eigenvalue weighted by molar-refractivity contribution is -0.198. The van der Waals surface area contributed by atoms with Crippen LogP contribution < -0.4 is 5.32 Å². The Hall–Kier alpha value is -3.48. The van der Waals surface area contributed by atoms with Crippen molar-refractivity contribution >= 4 is 35.5 Å². The molecular weight excluding hydrogens is 346 g/mol. The molecule has 0 aliphatic carbocycles. The number of rotatable bonds is 7. The molecule has 0 radical (unpaired) electrons. The standard InChI is InChI=1S/C16H15N3O7/c1-2-10(16(25)26-19-14(23)7-8-15(19)24)17-11(20)4-3-9-18-12(21)5-6-13(18)22/h1,5-6,10H,3-4,7-9H2,(H,17,20)/t10-/m0/s1. The molecule has 0 aromatic rings. The van der Waals surface area contributed by atoms with Gasteiger partial charge in [0.15, 0.2) is 6.04 Å². The number of terminal acetylenes is 1. The minimum Gasteiger partial charge on any atom is -0.333 e. The van der Waals surface area contributed by atoms with E-state index < -0.39 is 41.5 Å². The molecule has 2 aliphatic rings. The highest BCUT2D eigenvalue weighted by Gasteiger charge is 2.35. The third-order valence-corrected chi connectivity index (χ3v) is 3.58. The minimum absolute atomic E-state index is 0.0417. The Kier molecular flexibility index (Phi) is 5.85. The van der Waals surface area contributed by atoms with Crippen LogP contribution in [0.2, 0.25) is 0 Å². The summed E-state index contributed by atoms with van der Waals surface area (Å²) in [6.07, 6.45) is 7.36. The first-order valence-electron chi connectivity index (χ1n) is 7.70. The lowest BCUT2D eigenvalue weighted by Crippen LogP contribution is -2.44. The summed E-state index contributed by atoms with van der Waals surface area (Å²) in [4.78, 5) is 74.9. The van der Waals surface area contributed by atoms with Crippen molar-refractivity contribution in [3.63, 3.8) is 0 Å². The second-order valence-corrected chi connectivity index (χ2v) is 5.42. The molecule has 2 rings (SSSR count). The van der Waals surface area contributed by atoms with E-state index >= 15 is 0 Å². The summed E-state index contributed by atoms with van der Waals surface area (Å²) in [6, 6.07) is -1.49. The van der Waals surface area contributed by atoms with Gasteiger partial charge in [-0.05, 0) is 6.42 Å². The van der Waals surface area contributed by atoms with Gasteiger partial charge >= 0.3 is 5.97 Å². The van der Waals surface area contributed by atoms with Crippen molar-refractivity contribution in [3.8, 4) is 12.3 Å². The number of nitrogens with one attached hydrogen (secondary N) is 1. The topological polar surface area (TPSA) is 130 Å². The van der Waals surface area contributed by atoms with Crippen molar-refractivity contribution in [2.45, 2.75) is 31.7 Å². The molecule has 1 atom stereocenters. The highest BCUT2D eigenvalue weighted by molar-refractivity contribution is 6.12. The van der Waals surface area contributed by atoms with E-state index in [9.17, 15) is 28.8 Å². The van der Waals surface area contributed by atoms with Gasteiger partial charge < -0.3 is 10.2 Å². The van der Waals surface area contributed by atoms with Crippen LogP contribution in [-0.2, 0) is 33.6 Å². The number of amides is 5. The Morgan fingerprint density at radius 2 is 1.73 bits per heavy atom. The zero-order valence-corrected chi connectivity index (χ0v) is 13.6. The Morgan fingerprint density at radius 1 is 1.15 bits per heavy atom. The molecule has 26 heavy (non-hydrogen) atoms. The van der Waals surface area contributed by atoms with E-state index in [1.807, 2.05) is 5.92 Å². The molecule has 0 bridgehead atoms. The van der Waals surface area contributed by atoms with E-state index in [-0.39, 0.29) is 32.2 Å². The Morgan fingerprint density at radius 3 is 2.27 bits per heavy atom. The van der Waals surface area contributed by atoms with Crippen LogP contribution in [0, 0.1) is 12.3 Å². The number of imide groups is 2. The zero-order chi connectivity index (χ0) is 19.3. The number of carbonyl (C=O) groups is 6. The highest BCUT2D eigenvalue weighted by Crippen LogP contribution is 2.12. The SMILES string of the molecule is C#C[C@H](NC(=O)CCCN1C(=O)C=CC1=O)C(=O)ON1C(=O)CCC1=O. The van der Waals surface area contributed by atoms with Gasteiger partial charge in [0.05, 0.1) is 0 Å². The number of hydrogen-bond donors (Lipinski definition) is 1. The van der Waals surface area contributed by atoms with Crippen molar-refractivity contribution in [2.24, 2.45) is 0 Å². The van der Waals surface area contributed by atoms with Gasteiger partial charge in [0.25, 0.3) is 23.6 Å². The summed E-state index contributed by atoms with van der Waals surface area (Å²) >= 11 is 0. The van der Waals surface area contributed by atoms with Crippen molar-refractivity contribution in [1.29, 1.82) is 0 Å². The lowest BCUT2D eigenvalue weighted by Gasteiger charge is -2.17. The summed E-state index contributed by atoms with van der Waals surface area (Å²) < 4.78 is 0. The Balaban J connectivity index is 1.78. The van der Waals surface area contributed by atoms with Crippen molar-refractivity contribution in [2.75, 3.05) is 6.54 Å². The largest absolute Gasteiger partial charge is 0.367 e. The molecule has 136 valence electrons. The molecule has 0 aromatic carbocycles. The summed E-state index contributed by atoms with van der Waals surface area (Å²) in [5.74, 6) is -2.01. The van der Waals surface area contributed by atoms with Gasteiger partial charge in [-0.1, -0.05) is 5.92 Å². The average Bonchev–Trinajstić information content (AvgIpc) is 3.09. The van der Waals surface area contributed by atoms with Crippen LogP contribution in [0.15, 0.2) is 12.2 Å². The second-order valence-electron chi connectivity index (χ2n) is 5.42. The quantitative estimate of drug-likeness (QED) is 0.428. The molecule has 0 aromatic heterocycles. The number of hydrogen-bond acceptors (Lipinski definition) is 7. The zero-order valence-electron chi connectivity index (χ0n) is 13.6. The molecule has 1 saturated heterocycles. The van der Waals surface area contributed by atoms with Crippen molar-refractivity contribution < 1.29 is 33.6 Å². The second kappa shape index (κ2) is 8.06. The van der Waals surface area contributed by atoms with Gasteiger partial charge in [-0.25, -0.2) is 4.79 Å². The van der Waals surface area contributed by atoms with Crippen LogP contribution in [0.3, 0.4) is 0 Å². The van der Waals surface area contributed by atoms with Crippen LogP contribution in [0.5, 0.6) is 0 Å². The van der Waals surface area contributed by atoms with Crippen LogP contribution in [-0.4, -0.2) is 58.1 Å². The summed E-state index contributed by atoms with van der Waals surface area (Å²) in [5.41, 5.74) is 0. The van der Waals surface area contributed by atoms with Crippen molar-refractivity contribution in [1.82, 2.24) is 15.3 Å². The highest BCUT2D eigenvalue weighted by atomic mass is 16.7. The van der Waals surface area contributed by atoms with E-state index in [4.69, 9.17) is 6.42 Å². The maximum atomic E-state index is 11.9. The minimum atomic E-state index is -1.49. The monoisotopic (exact) mass is 361 g/mol. The number of carbonyl (C=O) groups excluding carboxylic acids is 6. The van der Waals surface area contributed by atoms with E-state index in [0.717, 1.165) is 17.1 Å². The van der Waals surface area contributed by atoms with E-state index in [1.165, 1.54) is 0 Å². The summed E-state index contributed by atoms with van der Waals surface area (Å²) in [6.45, 7) is 0.0417. The first-order valence-corrected chi connectivity index (χ1v) is 7.70. The third-order valence-electron chi connectivity index (χ3n) is 3.58. The van der Waals surface area contributed by atoms with Gasteiger partial charge in [-0.3, -0.25) is 28.9 Å². The number of nitrogens with zero attached hydrogens (tertiary/aromatic N) is 2. The predicted molar refractivity (Wildman–Crippen MR) is 83.0 cm³/mol. The molecule has 2 aliphatic heterocycles. The van der Waals surface area contributed by atoms with Gasteiger partial charge in [0.1, 0.15) is 0 Å². The first kappa shape index (κ1) is 18.9. The van der Waals surface area contributed by atoms with E-state index in [2.05, 4.69) is 10.2 Å². The fraction of sp³-hybridized carbons (Fsp3) is 0.375. The molecule has 10 heteroatoms. The normalized spacial score (nSPS) is 17.5. The van der Waals surface area contributed by atoms with Crippen LogP contribution in [0.4, 0.5) is 0 Å². The van der Waals surface area contributed by atoms with Gasteiger partial charge in [0, 0.05) is 38.0 Å². The molecule has 0 spiro atoms. The van der Waals surface area contributed by atoms with E-state index in [1.54, 1.807) is 0 Å². The van der Waals surface area contributed by atoms with Crippen LogP contribution in [0.1, 0.15) is 25.7 Å². The maximum Gasteiger partial charge on any atom is 0.367 e. The molecule has 1 fully saturated rings. The fourth-order valence-electron chi connectivity index (χ4n) is 2.25. The average molecular weight is 361 g/mol. The molecule has 0 unspecified atom stereocenters. The van der Waals surface area contributed by atoms with Gasteiger partial charge in [0.2, 0.25) is 5.91 Å². The molecule has 0 saturated carbocycles. The molecule has 1 N–H and O–H groups in total. The predicted octanol–water partition coefficient (Wildman–Crippen LogP) is -1.58. The lowest BCUT2D eigenvalue weighted by atomic mass is 10.2. The van der Waals surface area contributed by atoms with E-state index in [0.29, 0.717) is 5.06 Å². The Bertz CT molecular complexity index is 715. The summed E-state index contributed by atoms with van der Waals surface area (Å²) in [7, 11) is 0. The Labute approximate surface area is 148 Å². The van der Waals surface area contributed by atoms with Crippen LogP contribution >= 0.6 is 0 Å². The molecule has 10 nitrogen and oxygen atoms in total. The maximum absolute atomic E-state index is 11.9. The number of hydroxylamine groups is 2. The van der Waals surface area contributed by atoms with Gasteiger partial charge in [-0.15, -0.1) is 11.5 Å². The first-order chi connectivity index (χ1) is 12.3. The molecule has 5 amide bonds. The van der Waals surface area contributed by atoms with Gasteiger partial charge in [-0.2, -0.15) is 0 Å². The van der Waals surface area contributed by atoms with Crippen molar-refractivity contribution in [3.05, 3.63) is 12.2 Å². The molecular formula is C16H15N3O7. The van der Waals surface area contributed by atoms with Crippen LogP contribution in [0.25, 0.3) is 0 Å². The summed E-state index contributed by atoms with van der Waals surface area (Å²) in [5, 5.41) is 2.54.